The van der Waals surface area contributed by atoms with E-state index in [4.69, 9.17) is 4.52 Å². The second kappa shape index (κ2) is 4.82. The first-order valence-corrected chi connectivity index (χ1v) is 5.87. The minimum Gasteiger partial charge on any atom is -0.392 e. The third-order valence-corrected chi connectivity index (χ3v) is 3.13. The zero-order valence-electron chi connectivity index (χ0n) is 9.89. The van der Waals surface area contributed by atoms with Crippen LogP contribution in [0, 0.1) is 0 Å². The molecule has 5 heteroatoms. The second-order valence-corrected chi connectivity index (χ2v) is 4.64. The van der Waals surface area contributed by atoms with Crippen molar-refractivity contribution in [1.29, 1.82) is 0 Å². The quantitative estimate of drug-likeness (QED) is 0.774. The SMILES string of the molecule is CN(C)c1noc(C2CCCCCC2O)n1. The average molecular weight is 225 g/mol. The smallest absolute Gasteiger partial charge is 0.265 e. The Morgan fingerprint density at radius 3 is 2.69 bits per heavy atom. The predicted molar refractivity (Wildman–Crippen MR) is 60.5 cm³/mol. The van der Waals surface area contributed by atoms with Gasteiger partial charge in [0.1, 0.15) is 0 Å². The highest BCUT2D eigenvalue weighted by Gasteiger charge is 2.28. The molecule has 2 rings (SSSR count). The molecule has 0 aliphatic heterocycles. The minimum absolute atomic E-state index is 0.0173. The molecule has 0 bridgehead atoms. The van der Waals surface area contributed by atoms with Gasteiger partial charge in [-0.3, -0.25) is 0 Å². The molecule has 16 heavy (non-hydrogen) atoms. The maximum absolute atomic E-state index is 10.0. The van der Waals surface area contributed by atoms with Crippen molar-refractivity contribution in [2.24, 2.45) is 0 Å². The van der Waals surface area contributed by atoms with Crippen molar-refractivity contribution in [3.8, 4) is 0 Å². The van der Waals surface area contributed by atoms with E-state index in [0.717, 1.165) is 25.7 Å². The monoisotopic (exact) mass is 225 g/mol. The lowest BCUT2D eigenvalue weighted by molar-refractivity contribution is 0.119. The van der Waals surface area contributed by atoms with Crippen LogP contribution in [-0.2, 0) is 0 Å². The molecule has 1 aliphatic carbocycles. The molecule has 0 saturated heterocycles. The molecule has 0 aromatic carbocycles. The van der Waals surface area contributed by atoms with E-state index in [2.05, 4.69) is 10.1 Å². The molecule has 1 aromatic rings. The van der Waals surface area contributed by atoms with Crippen LogP contribution in [0.15, 0.2) is 4.52 Å². The number of hydrogen-bond acceptors (Lipinski definition) is 5. The number of hydrogen-bond donors (Lipinski definition) is 1. The van der Waals surface area contributed by atoms with Crippen molar-refractivity contribution in [2.75, 3.05) is 19.0 Å². The van der Waals surface area contributed by atoms with Gasteiger partial charge in [-0.25, -0.2) is 0 Å². The van der Waals surface area contributed by atoms with Crippen LogP contribution in [0.2, 0.25) is 0 Å². The van der Waals surface area contributed by atoms with E-state index in [0.29, 0.717) is 11.8 Å². The average Bonchev–Trinajstić information content (AvgIpc) is 2.63. The topological polar surface area (TPSA) is 62.4 Å². The lowest BCUT2D eigenvalue weighted by Gasteiger charge is -2.15. The molecule has 2 atom stereocenters. The van der Waals surface area contributed by atoms with E-state index in [1.165, 1.54) is 6.42 Å². The highest BCUT2D eigenvalue weighted by molar-refractivity contribution is 5.24. The summed E-state index contributed by atoms with van der Waals surface area (Å²) in [7, 11) is 3.75. The van der Waals surface area contributed by atoms with Crippen LogP contribution in [0.4, 0.5) is 5.95 Å². The van der Waals surface area contributed by atoms with Crippen LogP contribution < -0.4 is 4.90 Å². The van der Waals surface area contributed by atoms with E-state index in [1.54, 1.807) is 4.90 Å². The van der Waals surface area contributed by atoms with Gasteiger partial charge in [-0.1, -0.05) is 19.3 Å². The lowest BCUT2D eigenvalue weighted by Crippen LogP contribution is -2.17. The maximum atomic E-state index is 10.0. The van der Waals surface area contributed by atoms with Gasteiger partial charge < -0.3 is 14.5 Å². The number of rotatable bonds is 2. The third-order valence-electron chi connectivity index (χ3n) is 3.13. The highest BCUT2D eigenvalue weighted by Crippen LogP contribution is 2.31. The van der Waals surface area contributed by atoms with E-state index in [-0.39, 0.29) is 12.0 Å². The Bertz CT molecular complexity index is 338. The van der Waals surface area contributed by atoms with Crippen LogP contribution in [0.5, 0.6) is 0 Å². The molecule has 0 amide bonds. The Morgan fingerprint density at radius 1 is 1.25 bits per heavy atom. The van der Waals surface area contributed by atoms with E-state index >= 15 is 0 Å². The Labute approximate surface area is 95.4 Å². The first-order chi connectivity index (χ1) is 7.68. The molecule has 1 heterocycles. The van der Waals surface area contributed by atoms with Crippen LogP contribution in [-0.4, -0.2) is 35.4 Å². The predicted octanol–water partition coefficient (Wildman–Crippen LogP) is 1.54. The summed E-state index contributed by atoms with van der Waals surface area (Å²) in [6.45, 7) is 0. The fourth-order valence-corrected chi connectivity index (χ4v) is 2.14. The fraction of sp³-hybridized carbons (Fsp3) is 0.818. The second-order valence-electron chi connectivity index (χ2n) is 4.64. The molecule has 0 spiro atoms. The van der Waals surface area contributed by atoms with Gasteiger partial charge in [-0.05, 0) is 18.0 Å². The van der Waals surface area contributed by atoms with Crippen LogP contribution in [0.1, 0.15) is 43.9 Å². The normalized spacial score (nSPS) is 26.4. The Hall–Kier alpha value is -1.10. The van der Waals surface area contributed by atoms with Crippen molar-refractivity contribution in [2.45, 2.75) is 44.1 Å². The molecule has 1 saturated carbocycles. The van der Waals surface area contributed by atoms with Crippen molar-refractivity contribution < 1.29 is 9.63 Å². The molecule has 5 nitrogen and oxygen atoms in total. The Balaban J connectivity index is 2.14. The van der Waals surface area contributed by atoms with E-state index < -0.39 is 0 Å². The van der Waals surface area contributed by atoms with E-state index in [1.807, 2.05) is 14.1 Å². The molecule has 1 N–H and O–H groups in total. The summed E-state index contributed by atoms with van der Waals surface area (Å²) >= 11 is 0. The maximum Gasteiger partial charge on any atom is 0.265 e. The van der Waals surface area contributed by atoms with Gasteiger partial charge in [0, 0.05) is 14.1 Å². The zero-order valence-corrected chi connectivity index (χ0v) is 9.89. The summed E-state index contributed by atoms with van der Waals surface area (Å²) in [5.74, 6) is 1.17. The molecule has 2 unspecified atom stereocenters. The number of nitrogens with zero attached hydrogens (tertiary/aromatic N) is 3. The van der Waals surface area contributed by atoms with Gasteiger partial charge >= 0.3 is 0 Å². The summed E-state index contributed by atoms with van der Waals surface area (Å²) in [6.07, 6.45) is 4.84. The lowest BCUT2D eigenvalue weighted by atomic mass is 9.97. The van der Waals surface area contributed by atoms with Gasteiger partial charge in [0.25, 0.3) is 5.95 Å². The van der Waals surface area contributed by atoms with Gasteiger partial charge in [-0.2, -0.15) is 4.98 Å². The minimum atomic E-state index is -0.335. The first kappa shape index (κ1) is 11.4. The summed E-state index contributed by atoms with van der Waals surface area (Å²) < 4.78 is 5.23. The molecule has 1 aliphatic rings. The molecule has 1 aromatic heterocycles. The van der Waals surface area contributed by atoms with Gasteiger partial charge in [0.15, 0.2) is 0 Å². The molecule has 0 radical (unpaired) electrons. The molecular weight excluding hydrogens is 206 g/mol. The summed E-state index contributed by atoms with van der Waals surface area (Å²) in [5, 5.41) is 13.9. The number of aromatic nitrogens is 2. The fourth-order valence-electron chi connectivity index (χ4n) is 2.14. The summed E-state index contributed by atoms with van der Waals surface area (Å²) in [4.78, 5) is 6.12. The van der Waals surface area contributed by atoms with Gasteiger partial charge in [-0.15, -0.1) is 0 Å². The van der Waals surface area contributed by atoms with Crippen molar-refractivity contribution >= 4 is 5.95 Å². The largest absolute Gasteiger partial charge is 0.392 e. The molecule has 1 fully saturated rings. The zero-order chi connectivity index (χ0) is 11.5. The Kier molecular flexibility index (Phi) is 3.43. The number of aliphatic hydroxyl groups excluding tert-OH is 1. The van der Waals surface area contributed by atoms with Crippen molar-refractivity contribution in [3.05, 3.63) is 5.89 Å². The van der Waals surface area contributed by atoms with Crippen LogP contribution in [0.25, 0.3) is 0 Å². The van der Waals surface area contributed by atoms with Crippen molar-refractivity contribution in [3.63, 3.8) is 0 Å². The van der Waals surface area contributed by atoms with E-state index in [9.17, 15) is 5.11 Å². The summed E-state index contributed by atoms with van der Waals surface area (Å²) in [6, 6.07) is 0. The Morgan fingerprint density at radius 2 is 2.00 bits per heavy atom. The van der Waals surface area contributed by atoms with Crippen LogP contribution >= 0.6 is 0 Å². The first-order valence-electron chi connectivity index (χ1n) is 5.87. The molecule has 90 valence electrons. The third kappa shape index (κ3) is 2.35. The summed E-state index contributed by atoms with van der Waals surface area (Å²) in [5.41, 5.74) is 0. The molecular formula is C11H19N3O2. The van der Waals surface area contributed by atoms with Gasteiger partial charge in [0.05, 0.1) is 12.0 Å². The highest BCUT2D eigenvalue weighted by atomic mass is 16.5. The van der Waals surface area contributed by atoms with Crippen LogP contribution in [0.3, 0.4) is 0 Å². The van der Waals surface area contributed by atoms with Gasteiger partial charge in [0.2, 0.25) is 5.89 Å². The number of aliphatic hydroxyl groups is 1. The van der Waals surface area contributed by atoms with Crippen molar-refractivity contribution in [1.82, 2.24) is 10.1 Å². The number of anilines is 1. The standard InChI is InChI=1S/C11H19N3O2/c1-14(2)11-12-10(16-13-11)8-6-4-3-5-7-9(8)15/h8-9,15H,3-7H2,1-2H3.